The van der Waals surface area contributed by atoms with Gasteiger partial charge >= 0.3 is 5.88 Å². The lowest BCUT2D eigenvalue weighted by molar-refractivity contribution is -0.395. The third-order valence-corrected chi connectivity index (χ3v) is 6.87. The van der Waals surface area contributed by atoms with Crippen LogP contribution in [-0.4, -0.2) is 61.2 Å². The summed E-state index contributed by atoms with van der Waals surface area (Å²) in [5, 5.41) is 38.1. The van der Waals surface area contributed by atoms with Crippen molar-refractivity contribution >= 4 is 28.4 Å². The van der Waals surface area contributed by atoms with Gasteiger partial charge in [-0.2, -0.15) is 9.97 Å². The fourth-order valence-corrected chi connectivity index (χ4v) is 4.66. The third-order valence-electron chi connectivity index (χ3n) is 6.87. The van der Waals surface area contributed by atoms with Crippen molar-refractivity contribution in [2.24, 2.45) is 5.92 Å². The van der Waals surface area contributed by atoms with Crippen LogP contribution in [0.4, 0.5) is 17.5 Å². The van der Waals surface area contributed by atoms with Crippen molar-refractivity contribution in [2.75, 3.05) is 17.2 Å². The standard InChI is InChI=1S/C27H28N6O4/c34-14-16-11-22(25(36)24(16)35)32-26-19(21-8-5-15-3-1-2-4-20(15)31-21)13-29-27(33-26)30-17-9-10-28-23(12-17)37-18-6-7-18/h1-5,8-10,12-13,16,18,22,24-25,34-36H,6-7,11,14H2,(H2,28,29,30,32,33)/p+1/t16-,22-,24-,25+/m1/s1. The second-order valence-electron chi connectivity index (χ2n) is 9.64. The van der Waals surface area contributed by atoms with Gasteiger partial charge < -0.3 is 30.7 Å². The number of ether oxygens (including phenoxy) is 1. The highest BCUT2D eigenvalue weighted by Crippen LogP contribution is 2.33. The summed E-state index contributed by atoms with van der Waals surface area (Å²) in [4.78, 5) is 17.1. The molecule has 10 nitrogen and oxygen atoms in total. The van der Waals surface area contributed by atoms with Crippen LogP contribution in [0, 0.1) is 5.92 Å². The smallest absolute Gasteiger partial charge is 0.368 e. The van der Waals surface area contributed by atoms with Crippen molar-refractivity contribution in [3.05, 3.63) is 60.9 Å². The number of aliphatic hydroxyl groups excluding tert-OH is 3. The normalized spacial score (nSPS) is 23.2. The quantitative estimate of drug-likeness (QED) is 0.245. The number of pyridine rings is 2. The number of nitrogens with zero attached hydrogens (tertiary/aromatic N) is 3. The molecule has 3 aromatic heterocycles. The number of fused-ring (bicyclic) bond motifs is 1. The Morgan fingerprint density at radius 1 is 1.03 bits per heavy atom. The van der Waals surface area contributed by atoms with Crippen molar-refractivity contribution in [3.8, 4) is 17.1 Å². The number of hydrogen-bond acceptors (Lipinski definition) is 9. The van der Waals surface area contributed by atoms with E-state index in [1.807, 2.05) is 48.5 Å². The molecule has 0 spiro atoms. The molecule has 4 aromatic rings. The van der Waals surface area contributed by atoms with Crippen LogP contribution in [0.5, 0.6) is 5.88 Å². The molecule has 1 aromatic carbocycles. The molecule has 2 fully saturated rings. The summed E-state index contributed by atoms with van der Waals surface area (Å²) in [5.74, 6) is 1.06. The number of anilines is 3. The van der Waals surface area contributed by atoms with Gasteiger partial charge in [-0.25, -0.2) is 9.97 Å². The molecule has 4 atom stereocenters. The number of para-hydroxylation sites is 1. The van der Waals surface area contributed by atoms with E-state index in [0.717, 1.165) is 29.4 Å². The fourth-order valence-electron chi connectivity index (χ4n) is 4.66. The molecule has 6 N–H and O–H groups in total. The van der Waals surface area contributed by atoms with Gasteiger partial charge in [0.1, 0.15) is 18.0 Å². The van der Waals surface area contributed by atoms with Gasteiger partial charge in [-0.3, -0.25) is 0 Å². The zero-order chi connectivity index (χ0) is 25.4. The van der Waals surface area contributed by atoms with E-state index >= 15 is 0 Å². The minimum Gasteiger partial charge on any atom is -0.441 e. The summed E-state index contributed by atoms with van der Waals surface area (Å²) < 4.78 is 5.84. The summed E-state index contributed by atoms with van der Waals surface area (Å²) in [6.07, 6.45) is 4.20. The summed E-state index contributed by atoms with van der Waals surface area (Å²) in [6, 6.07) is 15.0. The Bertz CT molecular complexity index is 1410. The second-order valence-corrected chi connectivity index (χ2v) is 9.64. The summed E-state index contributed by atoms with van der Waals surface area (Å²) in [5.41, 5.74) is 2.93. The lowest BCUT2D eigenvalue weighted by atomic mass is 10.1. The van der Waals surface area contributed by atoms with Crippen molar-refractivity contribution in [2.45, 2.75) is 43.6 Å². The molecule has 0 bridgehead atoms. The van der Waals surface area contributed by atoms with Gasteiger partial charge in [0.15, 0.2) is 6.20 Å². The first kappa shape index (κ1) is 23.5. The highest BCUT2D eigenvalue weighted by atomic mass is 16.5. The molecule has 2 aliphatic rings. The highest BCUT2D eigenvalue weighted by molar-refractivity contribution is 5.83. The number of aromatic amines is 1. The van der Waals surface area contributed by atoms with E-state index in [2.05, 4.69) is 20.6 Å². The Balaban J connectivity index is 1.33. The zero-order valence-corrected chi connectivity index (χ0v) is 20.1. The van der Waals surface area contributed by atoms with Gasteiger partial charge in [-0.05, 0) is 31.4 Å². The number of H-pyrrole nitrogens is 1. The first-order chi connectivity index (χ1) is 18.1. The Hall–Kier alpha value is -3.86. The SMILES string of the molecule is OC[C@H]1C[C@@H](Nc2nc(Nc3cc[nH+]c(OC4CC4)c3)ncc2-c2ccc3ccccc3n2)[C@H](O)[C@@H]1O. The van der Waals surface area contributed by atoms with Gasteiger partial charge in [-0.1, -0.05) is 24.3 Å². The minimum atomic E-state index is -1.05. The van der Waals surface area contributed by atoms with Gasteiger partial charge in [0.25, 0.3) is 0 Å². The van der Waals surface area contributed by atoms with Gasteiger partial charge in [0.05, 0.1) is 40.7 Å². The van der Waals surface area contributed by atoms with E-state index in [0.29, 0.717) is 35.3 Å². The van der Waals surface area contributed by atoms with Gasteiger partial charge in [0.2, 0.25) is 5.95 Å². The summed E-state index contributed by atoms with van der Waals surface area (Å²) in [7, 11) is 0. The maximum atomic E-state index is 10.6. The number of hydrogen-bond donors (Lipinski definition) is 5. The Kier molecular flexibility index (Phi) is 6.29. The van der Waals surface area contributed by atoms with Crippen molar-refractivity contribution < 1.29 is 25.0 Å². The lowest BCUT2D eigenvalue weighted by Crippen LogP contribution is -2.35. The molecule has 10 heteroatoms. The van der Waals surface area contributed by atoms with Crippen LogP contribution in [-0.2, 0) is 0 Å². The fraction of sp³-hybridized carbons (Fsp3) is 0.333. The topological polar surface area (TPSA) is 147 Å². The molecule has 0 amide bonds. The van der Waals surface area contributed by atoms with Crippen molar-refractivity contribution in [1.82, 2.24) is 15.0 Å². The minimum absolute atomic E-state index is 0.206. The first-order valence-corrected chi connectivity index (χ1v) is 12.5. The first-order valence-electron chi connectivity index (χ1n) is 12.5. The number of aromatic nitrogens is 4. The van der Waals surface area contributed by atoms with Crippen LogP contribution in [0.1, 0.15) is 19.3 Å². The summed E-state index contributed by atoms with van der Waals surface area (Å²) in [6.45, 7) is -0.206. The van der Waals surface area contributed by atoms with Gasteiger partial charge in [0, 0.05) is 30.2 Å². The van der Waals surface area contributed by atoms with E-state index in [1.165, 1.54) is 0 Å². The number of benzene rings is 1. The molecule has 0 unspecified atom stereocenters. The Morgan fingerprint density at radius 2 is 1.89 bits per heavy atom. The molecule has 6 rings (SSSR count). The zero-order valence-electron chi connectivity index (χ0n) is 20.1. The van der Waals surface area contributed by atoms with E-state index < -0.39 is 24.2 Å². The molecular formula is C27H29N6O4+. The average Bonchev–Trinajstić information content (AvgIpc) is 3.69. The third kappa shape index (κ3) is 5.04. The average molecular weight is 502 g/mol. The van der Waals surface area contributed by atoms with E-state index in [1.54, 1.807) is 12.4 Å². The van der Waals surface area contributed by atoms with Crippen LogP contribution in [0.15, 0.2) is 60.9 Å². The van der Waals surface area contributed by atoms with Crippen LogP contribution in [0.25, 0.3) is 22.2 Å². The van der Waals surface area contributed by atoms with Crippen LogP contribution < -0.4 is 20.4 Å². The van der Waals surface area contributed by atoms with E-state index in [-0.39, 0.29) is 12.7 Å². The van der Waals surface area contributed by atoms with Gasteiger partial charge in [-0.15, -0.1) is 0 Å². The number of nitrogens with one attached hydrogen (secondary N) is 3. The summed E-state index contributed by atoms with van der Waals surface area (Å²) >= 11 is 0. The molecule has 0 aliphatic heterocycles. The Labute approximate surface area is 213 Å². The highest BCUT2D eigenvalue weighted by Gasteiger charge is 2.41. The second kappa shape index (κ2) is 9.89. The van der Waals surface area contributed by atoms with Crippen molar-refractivity contribution in [1.29, 1.82) is 0 Å². The lowest BCUT2D eigenvalue weighted by Gasteiger charge is -2.20. The Morgan fingerprint density at radius 3 is 2.70 bits per heavy atom. The van der Waals surface area contributed by atoms with E-state index in [4.69, 9.17) is 14.7 Å². The molecule has 0 saturated heterocycles. The molecule has 2 aliphatic carbocycles. The van der Waals surface area contributed by atoms with Crippen LogP contribution >= 0.6 is 0 Å². The molecule has 190 valence electrons. The molecule has 0 radical (unpaired) electrons. The predicted molar refractivity (Wildman–Crippen MR) is 137 cm³/mol. The van der Waals surface area contributed by atoms with Crippen LogP contribution in [0.3, 0.4) is 0 Å². The van der Waals surface area contributed by atoms with E-state index in [9.17, 15) is 15.3 Å². The predicted octanol–water partition coefficient (Wildman–Crippen LogP) is 2.31. The largest absolute Gasteiger partial charge is 0.441 e. The molecule has 3 heterocycles. The number of aliphatic hydroxyl groups is 3. The van der Waals surface area contributed by atoms with Crippen molar-refractivity contribution in [3.63, 3.8) is 0 Å². The molecule has 37 heavy (non-hydrogen) atoms. The molecular weight excluding hydrogens is 472 g/mol. The molecule has 2 saturated carbocycles. The maximum absolute atomic E-state index is 10.6. The monoisotopic (exact) mass is 501 g/mol. The van der Waals surface area contributed by atoms with Crippen LogP contribution in [0.2, 0.25) is 0 Å². The maximum Gasteiger partial charge on any atom is 0.368 e. The number of rotatable bonds is 8.